The van der Waals surface area contributed by atoms with Crippen molar-refractivity contribution in [2.75, 3.05) is 6.54 Å². The molecule has 0 aromatic carbocycles. The highest BCUT2D eigenvalue weighted by atomic mass is 16.4. The van der Waals surface area contributed by atoms with Gasteiger partial charge in [0.1, 0.15) is 0 Å². The molecule has 0 radical (unpaired) electrons. The van der Waals surface area contributed by atoms with Crippen molar-refractivity contribution in [3.8, 4) is 11.8 Å². The Morgan fingerprint density at radius 2 is 2.50 bits per heavy atom. The van der Waals surface area contributed by atoms with Gasteiger partial charge in [0.25, 0.3) is 0 Å². The van der Waals surface area contributed by atoms with Crippen molar-refractivity contribution in [3.05, 3.63) is 28.4 Å². The van der Waals surface area contributed by atoms with E-state index in [1.54, 1.807) is 12.3 Å². The Kier molecular flexibility index (Phi) is 2.05. The molecule has 2 aromatic heterocycles. The van der Waals surface area contributed by atoms with Gasteiger partial charge < -0.3 is 10.2 Å². The van der Waals surface area contributed by atoms with Gasteiger partial charge in [0, 0.05) is 17.8 Å². The molecule has 0 atom stereocenters. The molecule has 2 rings (SSSR count). The molecule has 0 spiro atoms. The van der Waals surface area contributed by atoms with Crippen LogP contribution in [-0.2, 0) is 0 Å². The normalized spacial score (nSPS) is 9.79. The SMILES string of the molecule is NCC#Cc1cnc2[nH]c(=O)oc2c1. The third-order valence-electron chi connectivity index (χ3n) is 1.61. The van der Waals surface area contributed by atoms with Crippen LogP contribution in [0.25, 0.3) is 11.2 Å². The van der Waals surface area contributed by atoms with Gasteiger partial charge in [0.15, 0.2) is 11.2 Å². The number of fused-ring (bicyclic) bond motifs is 1. The summed E-state index contributed by atoms with van der Waals surface area (Å²) < 4.78 is 4.82. The molecule has 14 heavy (non-hydrogen) atoms. The Morgan fingerprint density at radius 3 is 3.29 bits per heavy atom. The summed E-state index contributed by atoms with van der Waals surface area (Å²) in [5.74, 6) is 4.96. The van der Waals surface area contributed by atoms with Crippen molar-refractivity contribution in [2.45, 2.75) is 0 Å². The van der Waals surface area contributed by atoms with Gasteiger partial charge in [-0.3, -0.25) is 4.98 Å². The molecule has 2 aromatic rings. The van der Waals surface area contributed by atoms with E-state index in [1.807, 2.05) is 0 Å². The fourth-order valence-electron chi connectivity index (χ4n) is 1.06. The molecule has 0 saturated heterocycles. The van der Waals surface area contributed by atoms with Crippen LogP contribution in [0.2, 0.25) is 0 Å². The lowest BCUT2D eigenvalue weighted by Gasteiger charge is -1.87. The second kappa shape index (κ2) is 3.36. The van der Waals surface area contributed by atoms with Gasteiger partial charge in [-0.25, -0.2) is 9.78 Å². The number of rotatable bonds is 0. The van der Waals surface area contributed by atoms with E-state index in [-0.39, 0.29) is 6.54 Å². The predicted octanol–water partition coefficient (Wildman–Crippen LogP) is -0.174. The van der Waals surface area contributed by atoms with E-state index in [1.165, 1.54) is 0 Å². The van der Waals surface area contributed by atoms with Crippen molar-refractivity contribution < 1.29 is 4.42 Å². The number of nitrogens with two attached hydrogens (primary N) is 1. The van der Waals surface area contributed by atoms with Crippen molar-refractivity contribution in [1.29, 1.82) is 0 Å². The molecule has 5 nitrogen and oxygen atoms in total. The van der Waals surface area contributed by atoms with Crippen LogP contribution in [0.4, 0.5) is 0 Å². The number of aromatic amines is 1. The van der Waals surface area contributed by atoms with Crippen molar-refractivity contribution in [3.63, 3.8) is 0 Å². The smallest absolute Gasteiger partial charge is 0.406 e. The minimum Gasteiger partial charge on any atom is -0.406 e. The Balaban J connectivity index is 2.55. The summed E-state index contributed by atoms with van der Waals surface area (Å²) >= 11 is 0. The highest BCUT2D eigenvalue weighted by Crippen LogP contribution is 2.07. The van der Waals surface area contributed by atoms with Crippen molar-refractivity contribution >= 4 is 11.2 Å². The first-order chi connectivity index (χ1) is 6.79. The summed E-state index contributed by atoms with van der Waals surface area (Å²) in [6, 6.07) is 1.64. The molecule has 5 heteroatoms. The second-order valence-corrected chi connectivity index (χ2v) is 2.59. The van der Waals surface area contributed by atoms with Crippen LogP contribution in [0.3, 0.4) is 0 Å². The van der Waals surface area contributed by atoms with Crippen LogP contribution in [0.1, 0.15) is 5.56 Å². The molecule has 0 fully saturated rings. The second-order valence-electron chi connectivity index (χ2n) is 2.59. The zero-order valence-corrected chi connectivity index (χ0v) is 7.20. The number of nitrogens with zero attached hydrogens (tertiary/aromatic N) is 1. The third-order valence-corrected chi connectivity index (χ3v) is 1.61. The zero-order chi connectivity index (χ0) is 9.97. The molecule has 0 aliphatic rings. The van der Waals surface area contributed by atoms with E-state index in [0.717, 1.165) is 0 Å². The van der Waals surface area contributed by atoms with E-state index in [4.69, 9.17) is 10.2 Å². The van der Waals surface area contributed by atoms with Crippen LogP contribution in [0.5, 0.6) is 0 Å². The van der Waals surface area contributed by atoms with E-state index in [0.29, 0.717) is 16.8 Å². The lowest BCUT2D eigenvalue weighted by molar-refractivity contribution is 0.555. The number of pyridine rings is 1. The molecule has 0 unspecified atom stereocenters. The van der Waals surface area contributed by atoms with Gasteiger partial charge in [-0.2, -0.15) is 0 Å². The Bertz CT molecular complexity index is 571. The number of hydrogen-bond donors (Lipinski definition) is 2. The maximum atomic E-state index is 10.8. The summed E-state index contributed by atoms with van der Waals surface area (Å²) in [4.78, 5) is 17.2. The monoisotopic (exact) mass is 189 g/mol. The van der Waals surface area contributed by atoms with E-state index in [9.17, 15) is 4.79 Å². The van der Waals surface area contributed by atoms with Gasteiger partial charge in [-0.05, 0) is 0 Å². The van der Waals surface area contributed by atoms with Crippen LogP contribution < -0.4 is 11.5 Å². The first-order valence-corrected chi connectivity index (χ1v) is 3.97. The average Bonchev–Trinajstić information content (AvgIpc) is 2.54. The maximum Gasteiger partial charge on any atom is 0.418 e. The summed E-state index contributed by atoms with van der Waals surface area (Å²) in [7, 11) is 0. The lowest BCUT2D eigenvalue weighted by Crippen LogP contribution is -1.93. The predicted molar refractivity (Wildman–Crippen MR) is 50.6 cm³/mol. The molecule has 0 saturated carbocycles. The quantitative estimate of drug-likeness (QED) is 0.563. The van der Waals surface area contributed by atoms with Gasteiger partial charge >= 0.3 is 5.76 Å². The zero-order valence-electron chi connectivity index (χ0n) is 7.20. The lowest BCUT2D eigenvalue weighted by atomic mass is 10.3. The standard InChI is InChI=1S/C9H7N3O2/c10-3-1-2-6-4-7-8(11-5-6)12-9(13)14-7/h4-5H,3,10H2,(H,11,12,13). The highest BCUT2D eigenvalue weighted by molar-refractivity contribution is 5.68. The van der Waals surface area contributed by atoms with E-state index in [2.05, 4.69) is 21.8 Å². The average molecular weight is 189 g/mol. The van der Waals surface area contributed by atoms with Gasteiger partial charge in [0.05, 0.1) is 6.54 Å². The molecule has 0 aliphatic carbocycles. The summed E-state index contributed by atoms with van der Waals surface area (Å²) in [6.45, 7) is 0.287. The topological polar surface area (TPSA) is 84.9 Å². The summed E-state index contributed by atoms with van der Waals surface area (Å²) in [5, 5.41) is 0. The molecule has 3 N–H and O–H groups in total. The molecular formula is C9H7N3O2. The van der Waals surface area contributed by atoms with Gasteiger partial charge in [0.2, 0.25) is 0 Å². The van der Waals surface area contributed by atoms with Crippen LogP contribution in [0, 0.1) is 11.8 Å². The molecule has 70 valence electrons. The first-order valence-electron chi connectivity index (χ1n) is 3.97. The third kappa shape index (κ3) is 1.51. The fourth-order valence-corrected chi connectivity index (χ4v) is 1.06. The highest BCUT2D eigenvalue weighted by Gasteiger charge is 2.01. The van der Waals surface area contributed by atoms with Crippen molar-refractivity contribution in [1.82, 2.24) is 9.97 Å². The number of nitrogens with one attached hydrogen (secondary N) is 1. The largest absolute Gasteiger partial charge is 0.418 e. The van der Waals surface area contributed by atoms with E-state index >= 15 is 0 Å². The first kappa shape index (κ1) is 8.53. The van der Waals surface area contributed by atoms with Gasteiger partial charge in [-0.1, -0.05) is 11.8 Å². The number of H-pyrrole nitrogens is 1. The number of aromatic nitrogens is 2. The number of oxazole rings is 1. The molecule has 0 aliphatic heterocycles. The van der Waals surface area contributed by atoms with Gasteiger partial charge in [-0.15, -0.1) is 0 Å². The van der Waals surface area contributed by atoms with Crippen LogP contribution >= 0.6 is 0 Å². The minimum atomic E-state index is -0.517. The molecule has 2 heterocycles. The molecule has 0 bridgehead atoms. The Hall–Kier alpha value is -2.06. The Morgan fingerprint density at radius 1 is 1.64 bits per heavy atom. The fraction of sp³-hybridized carbons (Fsp3) is 0.111. The molecular weight excluding hydrogens is 182 g/mol. The maximum absolute atomic E-state index is 10.8. The van der Waals surface area contributed by atoms with E-state index < -0.39 is 5.76 Å². The summed E-state index contributed by atoms with van der Waals surface area (Å²) in [6.07, 6.45) is 1.55. The Labute approximate surface area is 78.9 Å². The van der Waals surface area contributed by atoms with Crippen LogP contribution in [-0.4, -0.2) is 16.5 Å². The summed E-state index contributed by atoms with van der Waals surface area (Å²) in [5.41, 5.74) is 6.72. The number of hydrogen-bond acceptors (Lipinski definition) is 4. The minimum absolute atomic E-state index is 0.287. The van der Waals surface area contributed by atoms with Crippen LogP contribution in [0.15, 0.2) is 21.5 Å². The van der Waals surface area contributed by atoms with Crippen molar-refractivity contribution in [2.24, 2.45) is 5.73 Å². The molecule has 0 amide bonds.